The van der Waals surface area contributed by atoms with E-state index in [1.807, 2.05) is 6.92 Å². The fraction of sp³-hybridized carbons (Fsp3) is 0.250. The van der Waals surface area contributed by atoms with E-state index in [4.69, 9.17) is 22.1 Å². The number of halogens is 3. The van der Waals surface area contributed by atoms with Crippen LogP contribution in [-0.4, -0.2) is 6.04 Å². The smallest absolute Gasteiger partial charge is 0.165 e. The predicted octanol–water partition coefficient (Wildman–Crippen LogP) is 4.09. The molecule has 0 radical (unpaired) electrons. The maximum absolute atomic E-state index is 13.9. The first-order valence-electron chi connectivity index (χ1n) is 6.57. The van der Waals surface area contributed by atoms with Crippen molar-refractivity contribution >= 4 is 11.6 Å². The molecule has 2 aromatic carbocycles. The summed E-state index contributed by atoms with van der Waals surface area (Å²) in [4.78, 5) is 0. The van der Waals surface area contributed by atoms with Gasteiger partial charge in [-0.3, -0.25) is 0 Å². The third-order valence-electron chi connectivity index (χ3n) is 2.96. The number of benzene rings is 2. The maximum atomic E-state index is 13.9. The highest BCUT2D eigenvalue weighted by molar-refractivity contribution is 6.30. The summed E-state index contributed by atoms with van der Waals surface area (Å²) in [5.74, 6) is -0.763. The second-order valence-corrected chi connectivity index (χ2v) is 5.35. The number of ether oxygens (including phenoxy) is 1. The van der Waals surface area contributed by atoms with Gasteiger partial charge in [-0.2, -0.15) is 0 Å². The van der Waals surface area contributed by atoms with E-state index in [0.29, 0.717) is 17.5 Å². The van der Waals surface area contributed by atoms with Crippen LogP contribution in [0, 0.1) is 11.6 Å². The highest BCUT2D eigenvalue weighted by atomic mass is 35.5. The molecule has 112 valence electrons. The van der Waals surface area contributed by atoms with E-state index in [1.165, 1.54) is 18.2 Å². The van der Waals surface area contributed by atoms with E-state index in [0.717, 1.165) is 0 Å². The van der Waals surface area contributed by atoms with E-state index < -0.39 is 11.6 Å². The van der Waals surface area contributed by atoms with Crippen LogP contribution < -0.4 is 10.5 Å². The van der Waals surface area contributed by atoms with Gasteiger partial charge in [0.1, 0.15) is 12.4 Å². The number of hydrogen-bond acceptors (Lipinski definition) is 2. The van der Waals surface area contributed by atoms with Crippen molar-refractivity contribution in [2.24, 2.45) is 5.73 Å². The van der Waals surface area contributed by atoms with Crippen LogP contribution in [0.25, 0.3) is 0 Å². The standard InChI is InChI=1S/C16H16ClF2NO/c1-10(20)7-12-3-2-4-15(19)16(12)21-9-11-5-6-14(18)13(17)8-11/h2-6,8,10H,7,9,20H2,1H3. The SMILES string of the molecule is CC(N)Cc1cccc(F)c1OCc1ccc(F)c(Cl)c1. The molecule has 1 unspecified atom stereocenters. The molecule has 0 spiro atoms. The molecule has 0 amide bonds. The van der Waals surface area contributed by atoms with Crippen LogP contribution in [0.15, 0.2) is 36.4 Å². The van der Waals surface area contributed by atoms with Crippen molar-refractivity contribution in [3.05, 3.63) is 64.2 Å². The number of rotatable bonds is 5. The summed E-state index contributed by atoms with van der Waals surface area (Å²) < 4.78 is 32.5. The van der Waals surface area contributed by atoms with E-state index in [1.54, 1.807) is 18.2 Å². The molecular weight excluding hydrogens is 296 g/mol. The zero-order valence-electron chi connectivity index (χ0n) is 11.6. The molecule has 2 aromatic rings. The Bertz CT molecular complexity index is 632. The van der Waals surface area contributed by atoms with E-state index in [2.05, 4.69) is 0 Å². The minimum atomic E-state index is -0.496. The van der Waals surface area contributed by atoms with Crippen LogP contribution >= 0.6 is 11.6 Å². The zero-order chi connectivity index (χ0) is 15.4. The van der Waals surface area contributed by atoms with Crippen molar-refractivity contribution in [1.29, 1.82) is 0 Å². The summed E-state index contributed by atoms with van der Waals surface area (Å²) in [7, 11) is 0. The fourth-order valence-electron chi connectivity index (χ4n) is 2.01. The third-order valence-corrected chi connectivity index (χ3v) is 3.25. The number of para-hydroxylation sites is 1. The van der Waals surface area contributed by atoms with Gasteiger partial charge >= 0.3 is 0 Å². The fourth-order valence-corrected chi connectivity index (χ4v) is 2.21. The van der Waals surface area contributed by atoms with Crippen LogP contribution in [-0.2, 0) is 13.0 Å². The van der Waals surface area contributed by atoms with Crippen LogP contribution in [0.2, 0.25) is 5.02 Å². The molecule has 0 aromatic heterocycles. The van der Waals surface area contributed by atoms with Gasteiger partial charge in [-0.15, -0.1) is 0 Å². The number of hydrogen-bond donors (Lipinski definition) is 1. The molecule has 0 aliphatic carbocycles. The topological polar surface area (TPSA) is 35.2 Å². The van der Waals surface area contributed by atoms with Gasteiger partial charge in [0.25, 0.3) is 0 Å². The van der Waals surface area contributed by atoms with Gasteiger partial charge in [0.2, 0.25) is 0 Å². The molecule has 2 nitrogen and oxygen atoms in total. The van der Waals surface area contributed by atoms with Crippen LogP contribution in [0.3, 0.4) is 0 Å². The Morgan fingerprint density at radius 3 is 2.62 bits per heavy atom. The second-order valence-electron chi connectivity index (χ2n) is 4.95. The first-order valence-corrected chi connectivity index (χ1v) is 6.95. The monoisotopic (exact) mass is 311 g/mol. The third kappa shape index (κ3) is 4.16. The molecule has 0 bridgehead atoms. The summed E-state index contributed by atoms with van der Waals surface area (Å²) in [6.07, 6.45) is 0.511. The summed E-state index contributed by atoms with van der Waals surface area (Å²) >= 11 is 5.71. The molecule has 0 fully saturated rings. The van der Waals surface area contributed by atoms with Crippen LogP contribution in [0.1, 0.15) is 18.1 Å². The maximum Gasteiger partial charge on any atom is 0.165 e. The normalized spacial score (nSPS) is 12.2. The summed E-state index contributed by atoms with van der Waals surface area (Å²) in [5.41, 5.74) is 7.12. The average molecular weight is 312 g/mol. The minimum absolute atomic E-state index is 0.0143. The van der Waals surface area contributed by atoms with Gasteiger partial charge < -0.3 is 10.5 Å². The van der Waals surface area contributed by atoms with E-state index >= 15 is 0 Å². The first-order chi connectivity index (χ1) is 9.97. The van der Waals surface area contributed by atoms with E-state index in [9.17, 15) is 8.78 Å². The summed E-state index contributed by atoms with van der Waals surface area (Å²) in [5, 5.41) is 0.0143. The number of nitrogens with two attached hydrogens (primary N) is 1. The van der Waals surface area contributed by atoms with Crippen molar-refractivity contribution in [1.82, 2.24) is 0 Å². The molecule has 0 aliphatic heterocycles. The lowest BCUT2D eigenvalue weighted by atomic mass is 10.1. The molecule has 1 atom stereocenters. The van der Waals surface area contributed by atoms with Crippen LogP contribution in [0.4, 0.5) is 8.78 Å². The molecule has 21 heavy (non-hydrogen) atoms. The Kier molecular flexibility index (Phi) is 5.15. The van der Waals surface area contributed by atoms with Crippen LogP contribution in [0.5, 0.6) is 5.75 Å². The molecule has 0 saturated carbocycles. The van der Waals surface area contributed by atoms with Crippen molar-refractivity contribution in [2.45, 2.75) is 26.0 Å². The Hall–Kier alpha value is -1.65. The van der Waals surface area contributed by atoms with E-state index in [-0.39, 0.29) is 23.4 Å². The molecule has 2 N–H and O–H groups in total. The molecular formula is C16H16ClF2NO. The van der Waals surface area contributed by atoms with Gasteiger partial charge in [0, 0.05) is 6.04 Å². The summed E-state index contributed by atoms with van der Waals surface area (Å²) in [6, 6.07) is 8.89. The quantitative estimate of drug-likeness (QED) is 0.902. The highest BCUT2D eigenvalue weighted by Crippen LogP contribution is 2.25. The Morgan fingerprint density at radius 1 is 1.19 bits per heavy atom. The first kappa shape index (κ1) is 15.7. The van der Waals surface area contributed by atoms with Crippen molar-refractivity contribution in [3.8, 4) is 5.75 Å². The van der Waals surface area contributed by atoms with Gasteiger partial charge in [0.15, 0.2) is 11.6 Å². The lowest BCUT2D eigenvalue weighted by Crippen LogP contribution is -2.18. The molecule has 5 heteroatoms. The summed E-state index contributed by atoms with van der Waals surface area (Å²) in [6.45, 7) is 1.95. The van der Waals surface area contributed by atoms with Gasteiger partial charge in [-0.05, 0) is 42.7 Å². The van der Waals surface area contributed by atoms with Crippen molar-refractivity contribution < 1.29 is 13.5 Å². The lowest BCUT2D eigenvalue weighted by Gasteiger charge is -2.14. The minimum Gasteiger partial charge on any atom is -0.486 e. The average Bonchev–Trinajstić information content (AvgIpc) is 2.41. The Labute approximate surface area is 127 Å². The molecule has 0 aliphatic rings. The molecule has 0 heterocycles. The largest absolute Gasteiger partial charge is 0.486 e. The predicted molar refractivity (Wildman–Crippen MR) is 79.5 cm³/mol. The molecule has 0 saturated heterocycles. The Balaban J connectivity index is 2.17. The van der Waals surface area contributed by atoms with Crippen molar-refractivity contribution in [3.63, 3.8) is 0 Å². The second kappa shape index (κ2) is 6.87. The Morgan fingerprint density at radius 2 is 1.95 bits per heavy atom. The molecule has 2 rings (SSSR count). The lowest BCUT2D eigenvalue weighted by molar-refractivity contribution is 0.286. The van der Waals surface area contributed by atoms with Gasteiger partial charge in [-0.25, -0.2) is 8.78 Å². The van der Waals surface area contributed by atoms with Gasteiger partial charge in [-0.1, -0.05) is 29.8 Å². The highest BCUT2D eigenvalue weighted by Gasteiger charge is 2.12. The van der Waals surface area contributed by atoms with Gasteiger partial charge in [0.05, 0.1) is 5.02 Å². The zero-order valence-corrected chi connectivity index (χ0v) is 12.3. The van der Waals surface area contributed by atoms with Crippen molar-refractivity contribution in [2.75, 3.05) is 0 Å².